The zero-order valence-corrected chi connectivity index (χ0v) is 22.1. The minimum absolute atomic E-state index is 0.948. The van der Waals surface area contributed by atoms with Gasteiger partial charge >= 0.3 is 0 Å². The third-order valence-corrected chi connectivity index (χ3v) is 7.92. The first-order valence-electron chi connectivity index (χ1n) is 13.6. The molecular formula is C35H31N3. The largest absolute Gasteiger partial charge is 0.341 e. The molecule has 0 amide bonds. The van der Waals surface area contributed by atoms with Gasteiger partial charge in [-0.15, -0.1) is 0 Å². The number of nitrogens with zero attached hydrogens (tertiary/aromatic N) is 3. The van der Waals surface area contributed by atoms with E-state index in [1.54, 1.807) is 0 Å². The fourth-order valence-electron chi connectivity index (χ4n) is 6.26. The second kappa shape index (κ2) is 8.81. The van der Waals surface area contributed by atoms with Gasteiger partial charge in [-0.3, -0.25) is 0 Å². The molecule has 3 heteroatoms. The molecule has 0 unspecified atom stereocenters. The van der Waals surface area contributed by atoms with Gasteiger partial charge in [0.15, 0.2) is 0 Å². The molecule has 0 N–H and O–H groups in total. The Morgan fingerprint density at radius 3 is 1.45 bits per heavy atom. The lowest BCUT2D eigenvalue weighted by Gasteiger charge is -2.26. The van der Waals surface area contributed by atoms with Crippen molar-refractivity contribution in [2.24, 2.45) is 0 Å². The summed E-state index contributed by atoms with van der Waals surface area (Å²) >= 11 is 0. The van der Waals surface area contributed by atoms with Gasteiger partial charge in [0.2, 0.25) is 0 Å². The van der Waals surface area contributed by atoms with Crippen molar-refractivity contribution in [2.45, 2.75) is 33.9 Å². The van der Waals surface area contributed by atoms with E-state index >= 15 is 0 Å². The molecule has 2 heterocycles. The van der Waals surface area contributed by atoms with Gasteiger partial charge in [0.05, 0.1) is 0 Å². The predicted molar refractivity (Wildman–Crippen MR) is 163 cm³/mol. The van der Waals surface area contributed by atoms with E-state index in [4.69, 9.17) is 0 Å². The molecule has 0 saturated carbocycles. The fourth-order valence-corrected chi connectivity index (χ4v) is 6.26. The second-order valence-electron chi connectivity index (χ2n) is 10.1. The van der Waals surface area contributed by atoms with E-state index in [0.717, 1.165) is 13.1 Å². The van der Waals surface area contributed by atoms with Crippen molar-refractivity contribution in [2.75, 3.05) is 4.90 Å². The Kier molecular flexibility index (Phi) is 5.26. The molecule has 0 fully saturated rings. The average molecular weight is 494 g/mol. The average Bonchev–Trinajstić information content (AvgIpc) is 3.45. The van der Waals surface area contributed by atoms with Crippen molar-refractivity contribution in [3.63, 3.8) is 0 Å². The van der Waals surface area contributed by atoms with Crippen LogP contribution < -0.4 is 4.90 Å². The highest BCUT2D eigenvalue weighted by Gasteiger charge is 2.18. The normalized spacial score (nSPS) is 11.8. The smallest absolute Gasteiger partial charge is 0.0492 e. The van der Waals surface area contributed by atoms with Gasteiger partial charge in [-0.25, -0.2) is 0 Å². The minimum atomic E-state index is 0.948. The standard InChI is InChI=1S/C35H31N3/c1-4-36-32-15-8-6-13-28(32)30-22-26(17-19-34(30)36)38(25-12-10-11-24(3)21-25)27-18-20-35-31(23-27)29-14-7-9-16-33(29)37(35)5-2/h6-23H,4-5H2,1-3H3. The van der Waals surface area contributed by atoms with E-state index in [0.29, 0.717) is 0 Å². The van der Waals surface area contributed by atoms with Gasteiger partial charge < -0.3 is 14.0 Å². The molecule has 186 valence electrons. The Morgan fingerprint density at radius 2 is 0.947 bits per heavy atom. The highest BCUT2D eigenvalue weighted by atomic mass is 15.1. The summed E-state index contributed by atoms with van der Waals surface area (Å²) in [6.45, 7) is 8.51. The van der Waals surface area contributed by atoms with Crippen molar-refractivity contribution >= 4 is 60.7 Å². The summed E-state index contributed by atoms with van der Waals surface area (Å²) in [7, 11) is 0. The Hall–Kier alpha value is -4.50. The number of anilines is 3. The first kappa shape index (κ1) is 22.7. The lowest BCUT2D eigenvalue weighted by Crippen LogP contribution is -2.10. The molecule has 7 aromatic rings. The topological polar surface area (TPSA) is 13.1 Å². The molecular weight excluding hydrogens is 462 g/mol. The van der Waals surface area contributed by atoms with Gasteiger partial charge in [0.25, 0.3) is 0 Å². The van der Waals surface area contributed by atoms with Crippen LogP contribution >= 0.6 is 0 Å². The number of para-hydroxylation sites is 2. The number of benzene rings is 5. The fraction of sp³-hybridized carbons (Fsp3) is 0.143. The summed E-state index contributed by atoms with van der Waals surface area (Å²) in [4.78, 5) is 2.40. The van der Waals surface area contributed by atoms with E-state index in [1.165, 1.54) is 66.2 Å². The molecule has 0 spiro atoms. The van der Waals surface area contributed by atoms with Crippen LogP contribution in [0.2, 0.25) is 0 Å². The first-order chi connectivity index (χ1) is 18.7. The molecule has 0 bridgehead atoms. The Bertz CT molecular complexity index is 1850. The lowest BCUT2D eigenvalue weighted by atomic mass is 10.1. The van der Waals surface area contributed by atoms with Crippen molar-refractivity contribution in [1.29, 1.82) is 0 Å². The number of hydrogen-bond acceptors (Lipinski definition) is 1. The summed E-state index contributed by atoms with van der Waals surface area (Å²) in [6, 6.07) is 40.2. The quantitative estimate of drug-likeness (QED) is 0.233. The highest BCUT2D eigenvalue weighted by molar-refractivity contribution is 6.11. The number of aromatic nitrogens is 2. The van der Waals surface area contributed by atoms with Gasteiger partial charge in [0.1, 0.15) is 0 Å². The first-order valence-corrected chi connectivity index (χ1v) is 13.6. The Balaban J connectivity index is 1.50. The lowest BCUT2D eigenvalue weighted by molar-refractivity contribution is 0.827. The molecule has 7 rings (SSSR count). The summed E-state index contributed by atoms with van der Waals surface area (Å²) in [5.41, 5.74) is 9.89. The number of hydrogen-bond donors (Lipinski definition) is 0. The predicted octanol–water partition coefficient (Wildman–Crippen LogP) is 9.72. The van der Waals surface area contributed by atoms with E-state index in [-0.39, 0.29) is 0 Å². The van der Waals surface area contributed by atoms with Crippen LogP contribution in [0, 0.1) is 6.92 Å². The second-order valence-corrected chi connectivity index (χ2v) is 10.1. The van der Waals surface area contributed by atoms with Gasteiger partial charge in [-0.2, -0.15) is 0 Å². The maximum absolute atomic E-state index is 2.41. The van der Waals surface area contributed by atoms with Crippen LogP contribution in [0.25, 0.3) is 43.6 Å². The summed E-state index contributed by atoms with van der Waals surface area (Å²) in [5, 5.41) is 5.19. The molecule has 5 aromatic carbocycles. The molecule has 38 heavy (non-hydrogen) atoms. The summed E-state index contributed by atoms with van der Waals surface area (Å²) < 4.78 is 4.83. The monoisotopic (exact) mass is 493 g/mol. The Morgan fingerprint density at radius 1 is 0.474 bits per heavy atom. The highest BCUT2D eigenvalue weighted by Crippen LogP contribution is 2.41. The SMILES string of the molecule is CCn1c2ccccc2c2cc(N(c3cccc(C)c3)c3ccc4c(c3)c3ccccc3n4CC)ccc21. The molecule has 0 aliphatic carbocycles. The number of fused-ring (bicyclic) bond motifs is 6. The zero-order valence-electron chi connectivity index (χ0n) is 22.1. The van der Waals surface area contributed by atoms with Crippen LogP contribution in [0.4, 0.5) is 17.1 Å². The van der Waals surface area contributed by atoms with Crippen molar-refractivity contribution in [3.05, 3.63) is 115 Å². The molecule has 3 nitrogen and oxygen atoms in total. The van der Waals surface area contributed by atoms with E-state index in [1.807, 2.05) is 0 Å². The molecule has 2 aromatic heterocycles. The van der Waals surface area contributed by atoms with Gasteiger partial charge in [0, 0.05) is 73.8 Å². The van der Waals surface area contributed by atoms with Crippen LogP contribution in [0.15, 0.2) is 109 Å². The van der Waals surface area contributed by atoms with Crippen molar-refractivity contribution in [3.8, 4) is 0 Å². The molecule has 0 aliphatic rings. The number of aryl methyl sites for hydroxylation is 3. The molecule has 0 aliphatic heterocycles. The molecule has 0 saturated heterocycles. The van der Waals surface area contributed by atoms with E-state index in [9.17, 15) is 0 Å². The minimum Gasteiger partial charge on any atom is -0.341 e. The van der Waals surface area contributed by atoms with Crippen LogP contribution in [0.1, 0.15) is 19.4 Å². The third-order valence-electron chi connectivity index (χ3n) is 7.92. The van der Waals surface area contributed by atoms with Crippen molar-refractivity contribution < 1.29 is 0 Å². The van der Waals surface area contributed by atoms with Crippen LogP contribution in [-0.4, -0.2) is 9.13 Å². The zero-order chi connectivity index (χ0) is 25.8. The molecule has 0 atom stereocenters. The summed E-state index contributed by atoms with van der Waals surface area (Å²) in [6.07, 6.45) is 0. The van der Waals surface area contributed by atoms with Crippen LogP contribution in [0.3, 0.4) is 0 Å². The summed E-state index contributed by atoms with van der Waals surface area (Å²) in [5.74, 6) is 0. The maximum Gasteiger partial charge on any atom is 0.0492 e. The van der Waals surface area contributed by atoms with Crippen LogP contribution in [-0.2, 0) is 13.1 Å². The molecule has 0 radical (unpaired) electrons. The van der Waals surface area contributed by atoms with E-state index in [2.05, 4.69) is 144 Å². The number of rotatable bonds is 5. The van der Waals surface area contributed by atoms with Gasteiger partial charge in [-0.1, -0.05) is 48.5 Å². The van der Waals surface area contributed by atoms with Crippen molar-refractivity contribution in [1.82, 2.24) is 9.13 Å². The van der Waals surface area contributed by atoms with Gasteiger partial charge in [-0.05, 0) is 87.0 Å². The Labute approximate surface area is 223 Å². The maximum atomic E-state index is 2.41. The third kappa shape index (κ3) is 3.35. The van der Waals surface area contributed by atoms with Crippen LogP contribution in [0.5, 0.6) is 0 Å². The van der Waals surface area contributed by atoms with E-state index < -0.39 is 0 Å².